The van der Waals surface area contributed by atoms with Crippen LogP contribution < -0.4 is 0 Å². The summed E-state index contributed by atoms with van der Waals surface area (Å²) in [6, 6.07) is 0. The third-order valence-electron chi connectivity index (χ3n) is 3.01. The van der Waals surface area contributed by atoms with E-state index in [1.165, 1.54) is 0 Å². The SMILES string of the molecule is [2H]C1=C(B2OC(C)(C)C(C)(C)O2)OC([2H])([2H])C([2H])([2H])N1C([2H])([2H])[2H]. The van der Waals surface area contributed by atoms with Gasteiger partial charge in [-0.2, -0.15) is 0 Å². The third-order valence-corrected chi connectivity index (χ3v) is 3.01. The Morgan fingerprint density at radius 3 is 2.62 bits per heavy atom. The minimum Gasteiger partial charge on any atom is -0.498 e. The van der Waals surface area contributed by atoms with Crippen LogP contribution in [0.2, 0.25) is 0 Å². The van der Waals surface area contributed by atoms with Crippen molar-refractivity contribution in [3.05, 3.63) is 11.8 Å². The molecule has 2 aliphatic heterocycles. The van der Waals surface area contributed by atoms with Gasteiger partial charge in [0.25, 0.3) is 0 Å². The molecule has 1 fully saturated rings. The van der Waals surface area contributed by atoms with Gasteiger partial charge in [0, 0.05) is 17.3 Å². The summed E-state index contributed by atoms with van der Waals surface area (Å²) in [6.45, 7) is -2.27. The van der Waals surface area contributed by atoms with Gasteiger partial charge in [0.2, 0.25) is 0 Å². The van der Waals surface area contributed by atoms with E-state index in [9.17, 15) is 0 Å². The fourth-order valence-electron chi connectivity index (χ4n) is 1.34. The fraction of sp³-hybridized carbons (Fsp3) is 0.818. The van der Waals surface area contributed by atoms with Crippen LogP contribution in [0.4, 0.5) is 0 Å². The predicted octanol–water partition coefficient (Wildman–Crippen LogP) is 1.42. The van der Waals surface area contributed by atoms with Gasteiger partial charge in [0.15, 0.2) is 0 Å². The van der Waals surface area contributed by atoms with Crippen LogP contribution >= 0.6 is 0 Å². The molecule has 2 heterocycles. The predicted molar refractivity (Wildman–Crippen MR) is 62.7 cm³/mol. The molecule has 0 radical (unpaired) electrons. The molecule has 0 aromatic heterocycles. The molecular weight excluding hydrogens is 205 g/mol. The standard InChI is InChI=1S/C11H20BNO3/c1-10(2)11(3,4)16-12(15-10)9-8-13(5)6-7-14-9/h8H,6-7H2,1-5H3/i5D3,6D2,7D2,8D. The second-order valence-electron chi connectivity index (χ2n) is 4.72. The minimum atomic E-state index is -3.09. The monoisotopic (exact) mass is 233 g/mol. The summed E-state index contributed by atoms with van der Waals surface area (Å²) in [6.07, 6.45) is -0.839. The van der Waals surface area contributed by atoms with Crippen LogP contribution in [0.5, 0.6) is 0 Å². The zero-order valence-electron chi connectivity index (χ0n) is 17.7. The van der Waals surface area contributed by atoms with Gasteiger partial charge in [-0.05, 0) is 27.7 Å². The van der Waals surface area contributed by atoms with Crippen LogP contribution in [0.3, 0.4) is 0 Å². The summed E-state index contributed by atoms with van der Waals surface area (Å²) in [5.74, 6) is 0. The molecule has 0 bridgehead atoms. The maximum absolute atomic E-state index is 8.05. The molecule has 0 N–H and O–H groups in total. The highest BCUT2D eigenvalue weighted by Gasteiger charge is 2.53. The minimum absolute atomic E-state index is 0.0733. The topological polar surface area (TPSA) is 30.9 Å². The van der Waals surface area contributed by atoms with E-state index in [0.29, 0.717) is 0 Å². The highest BCUT2D eigenvalue weighted by atomic mass is 16.7. The van der Waals surface area contributed by atoms with Gasteiger partial charge >= 0.3 is 7.12 Å². The Balaban J connectivity index is 2.54. The van der Waals surface area contributed by atoms with E-state index in [1.807, 2.05) is 0 Å². The van der Waals surface area contributed by atoms with Crippen molar-refractivity contribution in [1.82, 2.24) is 4.90 Å². The van der Waals surface area contributed by atoms with E-state index in [2.05, 4.69) is 0 Å². The van der Waals surface area contributed by atoms with Crippen molar-refractivity contribution in [2.24, 2.45) is 0 Å². The van der Waals surface area contributed by atoms with Gasteiger partial charge < -0.3 is 18.9 Å². The van der Waals surface area contributed by atoms with E-state index in [-0.39, 0.29) is 4.90 Å². The molecule has 4 nitrogen and oxygen atoms in total. The number of nitrogens with zero attached hydrogens (tertiary/aromatic N) is 1. The molecular formula is C11H20BNO3. The van der Waals surface area contributed by atoms with Crippen molar-refractivity contribution in [3.63, 3.8) is 0 Å². The molecule has 0 atom stereocenters. The zero-order valence-corrected chi connectivity index (χ0v) is 9.75. The lowest BCUT2D eigenvalue weighted by molar-refractivity contribution is 0.00578. The van der Waals surface area contributed by atoms with Gasteiger partial charge in [-0.3, -0.25) is 0 Å². The Morgan fingerprint density at radius 1 is 1.44 bits per heavy atom. The lowest BCUT2D eigenvalue weighted by Crippen LogP contribution is -2.41. The van der Waals surface area contributed by atoms with Crippen molar-refractivity contribution >= 4 is 7.12 Å². The molecule has 2 rings (SSSR count). The third kappa shape index (κ3) is 1.94. The quantitative estimate of drug-likeness (QED) is 0.641. The Bertz CT molecular complexity index is 558. The Kier molecular flexibility index (Phi) is 1.22. The summed E-state index contributed by atoms with van der Waals surface area (Å²) < 4.78 is 77.9. The molecule has 0 aliphatic carbocycles. The maximum Gasteiger partial charge on any atom is 0.533 e. The molecule has 0 amide bonds. The number of rotatable bonds is 1. The second-order valence-corrected chi connectivity index (χ2v) is 4.72. The number of hydrogen-bond acceptors (Lipinski definition) is 4. The van der Waals surface area contributed by atoms with Crippen LogP contribution in [0.1, 0.15) is 38.7 Å². The highest BCUT2D eigenvalue weighted by molar-refractivity contribution is 6.53. The second kappa shape index (κ2) is 3.67. The van der Waals surface area contributed by atoms with E-state index in [0.717, 1.165) is 0 Å². The van der Waals surface area contributed by atoms with Gasteiger partial charge in [-0.15, -0.1) is 0 Å². The van der Waals surface area contributed by atoms with E-state index < -0.39 is 50.2 Å². The average Bonchev–Trinajstić information content (AvgIpc) is 2.51. The van der Waals surface area contributed by atoms with Gasteiger partial charge in [0.05, 0.1) is 24.6 Å². The Hall–Kier alpha value is -0.675. The van der Waals surface area contributed by atoms with Crippen LogP contribution in [-0.2, 0) is 14.0 Å². The first-order chi connectivity index (χ1) is 10.4. The number of ether oxygens (including phenoxy) is 1. The summed E-state index contributed by atoms with van der Waals surface area (Å²) in [5, 5.41) is 0. The number of hydrogen-bond donors (Lipinski definition) is 0. The van der Waals surface area contributed by atoms with Crippen molar-refractivity contribution in [1.29, 1.82) is 0 Å². The molecule has 0 unspecified atom stereocenters. The summed E-state index contributed by atoms with van der Waals surface area (Å²) in [7, 11) is -1.32. The molecule has 0 aromatic carbocycles. The van der Waals surface area contributed by atoms with Crippen LogP contribution in [0.15, 0.2) is 11.8 Å². The zero-order chi connectivity index (χ0) is 18.9. The first kappa shape index (κ1) is 5.31. The lowest BCUT2D eigenvalue weighted by Gasteiger charge is -2.32. The van der Waals surface area contributed by atoms with Gasteiger partial charge in [-0.1, -0.05) is 0 Å². The van der Waals surface area contributed by atoms with Crippen LogP contribution in [0.25, 0.3) is 0 Å². The van der Waals surface area contributed by atoms with Crippen LogP contribution in [-0.4, -0.2) is 43.3 Å². The molecule has 90 valence electrons. The highest BCUT2D eigenvalue weighted by Crippen LogP contribution is 2.38. The van der Waals surface area contributed by atoms with Crippen molar-refractivity contribution < 1.29 is 25.0 Å². The summed E-state index contributed by atoms with van der Waals surface area (Å²) in [5.41, 5.74) is -2.14. The smallest absolute Gasteiger partial charge is 0.498 e. The molecule has 0 saturated carbocycles. The average molecular weight is 233 g/mol. The maximum atomic E-state index is 8.05. The van der Waals surface area contributed by atoms with Crippen LogP contribution in [0, 0.1) is 0 Å². The molecule has 0 aromatic rings. The van der Waals surface area contributed by atoms with Gasteiger partial charge in [-0.25, -0.2) is 0 Å². The summed E-state index contributed by atoms with van der Waals surface area (Å²) in [4.78, 5) is 0.0733. The molecule has 1 saturated heterocycles. The van der Waals surface area contributed by atoms with E-state index in [1.54, 1.807) is 27.7 Å². The molecule has 5 heteroatoms. The van der Waals surface area contributed by atoms with Crippen molar-refractivity contribution in [2.45, 2.75) is 38.9 Å². The van der Waals surface area contributed by atoms with Gasteiger partial charge in [0.1, 0.15) is 12.2 Å². The molecule has 2 aliphatic rings. The Morgan fingerprint density at radius 2 is 2.06 bits per heavy atom. The lowest BCUT2D eigenvalue weighted by atomic mass is 9.86. The Labute approximate surface area is 109 Å². The van der Waals surface area contributed by atoms with Crippen molar-refractivity contribution in [2.75, 3.05) is 20.0 Å². The van der Waals surface area contributed by atoms with E-state index >= 15 is 0 Å². The first-order valence-electron chi connectivity index (χ1n) is 9.00. The van der Waals surface area contributed by atoms with E-state index in [4.69, 9.17) is 25.0 Å². The van der Waals surface area contributed by atoms with Crippen molar-refractivity contribution in [3.8, 4) is 0 Å². The normalized spacial score (nSPS) is 42.8. The summed E-state index contributed by atoms with van der Waals surface area (Å²) >= 11 is 0. The molecule has 16 heavy (non-hydrogen) atoms. The number of likely N-dealkylation sites (N-methyl/N-ethyl adjacent to an activating group) is 1. The largest absolute Gasteiger partial charge is 0.533 e. The first-order valence-corrected chi connectivity index (χ1v) is 5.00. The fourth-order valence-corrected chi connectivity index (χ4v) is 1.34. The molecule has 0 spiro atoms.